The standard InChI is InChI=1S/C15H27N3O3/c1-2-12(14(19)20)11-16-15(21)18-9-7-17(8-10-18)13-5-3-4-6-13/h12-13H,2-11H2,1H3,(H,16,21)(H,19,20). The monoisotopic (exact) mass is 297 g/mol. The van der Waals surface area contributed by atoms with Crippen molar-refractivity contribution in [3.05, 3.63) is 0 Å². The Kier molecular flexibility index (Phi) is 5.85. The van der Waals surface area contributed by atoms with Gasteiger partial charge in [-0.25, -0.2) is 4.79 Å². The lowest BCUT2D eigenvalue weighted by Gasteiger charge is -2.38. The van der Waals surface area contributed by atoms with Crippen LogP contribution in [0.25, 0.3) is 0 Å². The fourth-order valence-corrected chi connectivity index (χ4v) is 3.29. The molecule has 0 bridgehead atoms. The maximum atomic E-state index is 12.1. The molecule has 0 aromatic heterocycles. The second kappa shape index (κ2) is 7.64. The van der Waals surface area contributed by atoms with Crippen LogP contribution in [0, 0.1) is 5.92 Å². The van der Waals surface area contributed by atoms with Gasteiger partial charge in [0.2, 0.25) is 0 Å². The second-order valence-corrected chi connectivity index (χ2v) is 6.09. The van der Waals surface area contributed by atoms with Crippen LogP contribution in [0.2, 0.25) is 0 Å². The zero-order valence-electron chi connectivity index (χ0n) is 12.9. The Morgan fingerprint density at radius 2 is 1.81 bits per heavy atom. The number of carboxylic acids is 1. The lowest BCUT2D eigenvalue weighted by atomic mass is 10.1. The number of carbonyl (C=O) groups excluding carboxylic acids is 1. The molecule has 6 heteroatoms. The molecular weight excluding hydrogens is 270 g/mol. The Hall–Kier alpha value is -1.30. The quantitative estimate of drug-likeness (QED) is 0.804. The molecule has 120 valence electrons. The van der Waals surface area contributed by atoms with Crippen molar-refractivity contribution in [3.63, 3.8) is 0 Å². The summed E-state index contributed by atoms with van der Waals surface area (Å²) in [5, 5.41) is 11.7. The maximum Gasteiger partial charge on any atom is 0.317 e. The number of carbonyl (C=O) groups is 2. The van der Waals surface area contributed by atoms with Crippen molar-refractivity contribution < 1.29 is 14.7 Å². The van der Waals surface area contributed by atoms with Gasteiger partial charge in [0.1, 0.15) is 0 Å². The number of carboxylic acid groups (broad SMARTS) is 1. The predicted octanol–water partition coefficient (Wildman–Crippen LogP) is 1.37. The van der Waals surface area contributed by atoms with Gasteiger partial charge < -0.3 is 15.3 Å². The van der Waals surface area contributed by atoms with E-state index in [1.54, 1.807) is 4.90 Å². The van der Waals surface area contributed by atoms with Crippen molar-refractivity contribution in [2.24, 2.45) is 5.92 Å². The second-order valence-electron chi connectivity index (χ2n) is 6.09. The summed E-state index contributed by atoms with van der Waals surface area (Å²) in [4.78, 5) is 27.3. The van der Waals surface area contributed by atoms with Gasteiger partial charge in [-0.15, -0.1) is 0 Å². The topological polar surface area (TPSA) is 72.9 Å². The fraction of sp³-hybridized carbons (Fsp3) is 0.867. The van der Waals surface area contributed by atoms with Gasteiger partial charge in [-0.3, -0.25) is 9.69 Å². The van der Waals surface area contributed by atoms with Gasteiger partial charge >= 0.3 is 12.0 Å². The number of nitrogens with one attached hydrogen (secondary N) is 1. The molecule has 2 aliphatic rings. The van der Waals surface area contributed by atoms with Gasteiger partial charge in [0, 0.05) is 38.8 Å². The number of hydrogen-bond acceptors (Lipinski definition) is 3. The highest BCUT2D eigenvalue weighted by molar-refractivity contribution is 5.76. The molecule has 1 aliphatic carbocycles. The SMILES string of the molecule is CCC(CNC(=O)N1CCN(C2CCCC2)CC1)C(=O)O. The Balaban J connectivity index is 1.71. The molecule has 1 unspecified atom stereocenters. The van der Waals surface area contributed by atoms with Crippen LogP contribution in [-0.4, -0.2) is 65.7 Å². The molecule has 0 radical (unpaired) electrons. The molecule has 2 N–H and O–H groups in total. The minimum absolute atomic E-state index is 0.124. The Labute approximate surface area is 126 Å². The zero-order valence-corrected chi connectivity index (χ0v) is 12.9. The van der Waals surface area contributed by atoms with Crippen molar-refractivity contribution in [2.45, 2.75) is 45.1 Å². The van der Waals surface area contributed by atoms with Crippen molar-refractivity contribution in [2.75, 3.05) is 32.7 Å². The van der Waals surface area contributed by atoms with Gasteiger partial charge in [-0.2, -0.15) is 0 Å². The van der Waals surface area contributed by atoms with Gasteiger partial charge in [-0.05, 0) is 19.3 Å². The van der Waals surface area contributed by atoms with Crippen LogP contribution in [-0.2, 0) is 4.79 Å². The van der Waals surface area contributed by atoms with Crippen LogP contribution in [0.4, 0.5) is 4.79 Å². The summed E-state index contributed by atoms with van der Waals surface area (Å²) in [7, 11) is 0. The normalized spacial score (nSPS) is 22.2. The van der Waals surface area contributed by atoms with E-state index in [1.165, 1.54) is 25.7 Å². The van der Waals surface area contributed by atoms with Gasteiger partial charge in [-0.1, -0.05) is 19.8 Å². The molecule has 2 fully saturated rings. The van der Waals surface area contributed by atoms with E-state index < -0.39 is 11.9 Å². The van der Waals surface area contributed by atoms with Crippen LogP contribution >= 0.6 is 0 Å². The Morgan fingerprint density at radius 3 is 2.33 bits per heavy atom. The number of urea groups is 1. The molecule has 1 atom stereocenters. The van der Waals surface area contributed by atoms with E-state index in [-0.39, 0.29) is 12.6 Å². The van der Waals surface area contributed by atoms with Crippen LogP contribution in [0.15, 0.2) is 0 Å². The summed E-state index contributed by atoms with van der Waals surface area (Å²) in [6.07, 6.45) is 5.79. The molecular formula is C15H27N3O3. The fourth-order valence-electron chi connectivity index (χ4n) is 3.29. The Bertz CT molecular complexity index is 361. The third-order valence-electron chi connectivity index (χ3n) is 4.78. The number of rotatable bonds is 5. The summed E-state index contributed by atoms with van der Waals surface area (Å²) in [6.45, 7) is 5.40. The van der Waals surface area contributed by atoms with Crippen molar-refractivity contribution in [1.82, 2.24) is 15.1 Å². The highest BCUT2D eigenvalue weighted by atomic mass is 16.4. The average molecular weight is 297 g/mol. The summed E-state index contributed by atoms with van der Waals surface area (Å²) >= 11 is 0. The molecule has 1 saturated heterocycles. The molecule has 0 spiro atoms. The predicted molar refractivity (Wildman–Crippen MR) is 80.2 cm³/mol. The third kappa shape index (κ3) is 4.33. The smallest absolute Gasteiger partial charge is 0.317 e. The lowest BCUT2D eigenvalue weighted by Crippen LogP contribution is -2.54. The highest BCUT2D eigenvalue weighted by Crippen LogP contribution is 2.24. The van der Waals surface area contributed by atoms with Gasteiger partial charge in [0.25, 0.3) is 0 Å². The summed E-state index contributed by atoms with van der Waals surface area (Å²) in [5.41, 5.74) is 0. The van der Waals surface area contributed by atoms with Crippen LogP contribution < -0.4 is 5.32 Å². The summed E-state index contributed by atoms with van der Waals surface area (Å²) in [6, 6.07) is 0.590. The largest absolute Gasteiger partial charge is 0.481 e. The summed E-state index contributed by atoms with van der Waals surface area (Å²) in [5.74, 6) is -1.34. The van der Waals surface area contributed by atoms with Crippen LogP contribution in [0.1, 0.15) is 39.0 Å². The molecule has 0 aromatic rings. The number of aliphatic carboxylic acids is 1. The number of hydrogen-bond donors (Lipinski definition) is 2. The first-order valence-corrected chi connectivity index (χ1v) is 8.11. The van der Waals surface area contributed by atoms with E-state index in [1.807, 2.05) is 6.92 Å². The lowest BCUT2D eigenvalue weighted by molar-refractivity contribution is -0.141. The van der Waals surface area contributed by atoms with E-state index in [4.69, 9.17) is 5.11 Å². The highest BCUT2D eigenvalue weighted by Gasteiger charge is 2.28. The molecule has 21 heavy (non-hydrogen) atoms. The first-order chi connectivity index (χ1) is 10.1. The Morgan fingerprint density at radius 1 is 1.19 bits per heavy atom. The summed E-state index contributed by atoms with van der Waals surface area (Å²) < 4.78 is 0. The number of nitrogens with zero attached hydrogens (tertiary/aromatic N) is 2. The third-order valence-corrected chi connectivity index (χ3v) is 4.78. The number of amides is 2. The van der Waals surface area contributed by atoms with E-state index in [0.717, 1.165) is 26.2 Å². The van der Waals surface area contributed by atoms with Gasteiger partial charge in [0.15, 0.2) is 0 Å². The molecule has 0 aromatic carbocycles. The molecule has 1 aliphatic heterocycles. The van der Waals surface area contributed by atoms with Crippen molar-refractivity contribution in [3.8, 4) is 0 Å². The zero-order chi connectivity index (χ0) is 15.2. The van der Waals surface area contributed by atoms with Crippen molar-refractivity contribution >= 4 is 12.0 Å². The molecule has 2 amide bonds. The molecule has 6 nitrogen and oxygen atoms in total. The van der Waals surface area contributed by atoms with Crippen LogP contribution in [0.3, 0.4) is 0 Å². The first-order valence-electron chi connectivity index (χ1n) is 8.11. The van der Waals surface area contributed by atoms with E-state index in [0.29, 0.717) is 12.5 Å². The maximum absolute atomic E-state index is 12.1. The molecule has 1 heterocycles. The van der Waals surface area contributed by atoms with Crippen LogP contribution in [0.5, 0.6) is 0 Å². The van der Waals surface area contributed by atoms with E-state index in [2.05, 4.69) is 10.2 Å². The van der Waals surface area contributed by atoms with Gasteiger partial charge in [0.05, 0.1) is 5.92 Å². The minimum Gasteiger partial charge on any atom is -0.481 e. The average Bonchev–Trinajstić information content (AvgIpc) is 3.01. The van der Waals surface area contributed by atoms with Crippen molar-refractivity contribution in [1.29, 1.82) is 0 Å². The van der Waals surface area contributed by atoms with E-state index >= 15 is 0 Å². The number of piperazine rings is 1. The minimum atomic E-state index is -0.844. The molecule has 2 rings (SSSR count). The first kappa shape index (κ1) is 16.1. The molecule has 1 saturated carbocycles. The van der Waals surface area contributed by atoms with E-state index in [9.17, 15) is 9.59 Å².